The standard InChI is InChI=1S/C21H24FN9O10P2S2/c1-7-28-18-12(19(33)29-7)27-6-31(18)21-15-13(32)8(38-21)2-36-42(34,44)40-14-9(3-37-43(35,45)41-15)39-20(10(14)22)30-5-26-11-16(23)24-4-25-17(11)30/h4-6,8-10,13-15,20-21,32H,2-3H2,1H3,(H,34,44)(H,35,45)(H2,23,24,25)(H,28,29,33)/t8?,9?,10?,13?,14?,15?,20?,21?,42-,43-/m0/s1. The van der Waals surface area contributed by atoms with Crippen molar-refractivity contribution in [2.75, 3.05) is 18.9 Å². The van der Waals surface area contributed by atoms with Crippen LogP contribution in [0.1, 0.15) is 18.3 Å². The molecule has 10 atom stereocenters. The molecule has 19 nitrogen and oxygen atoms in total. The number of imidazole rings is 2. The molecule has 3 aliphatic rings. The topological polar surface area (TPSA) is 243 Å². The Balaban J connectivity index is 1.21. The highest BCUT2D eigenvalue weighted by Gasteiger charge is 2.54. The van der Waals surface area contributed by atoms with E-state index in [2.05, 4.69) is 54.4 Å². The second-order valence-corrected chi connectivity index (χ2v) is 16.0. The lowest BCUT2D eigenvalue weighted by Gasteiger charge is -2.26. The van der Waals surface area contributed by atoms with Crippen LogP contribution in [0.5, 0.6) is 0 Å². The summed E-state index contributed by atoms with van der Waals surface area (Å²) in [5.74, 6) is 0.313. The van der Waals surface area contributed by atoms with Crippen LogP contribution in [0.3, 0.4) is 0 Å². The zero-order valence-corrected chi connectivity index (χ0v) is 26.3. The molecule has 3 aliphatic heterocycles. The van der Waals surface area contributed by atoms with Gasteiger partial charge in [0, 0.05) is 0 Å². The molecule has 4 N–H and O–H groups in total. The summed E-state index contributed by atoms with van der Waals surface area (Å²) in [6.45, 7) is -8.48. The van der Waals surface area contributed by atoms with Gasteiger partial charge >= 0.3 is 13.6 Å². The molecule has 7 heterocycles. The third-order valence-electron chi connectivity index (χ3n) is 7.38. The number of hydrogen-bond donors (Lipinski definition) is 5. The molecular weight excluding hydrogens is 683 g/mol. The molecule has 7 rings (SSSR count). The lowest BCUT2D eigenvalue weighted by atomic mass is 10.1. The number of nitrogen functional groups attached to an aromatic ring is 1. The van der Waals surface area contributed by atoms with Gasteiger partial charge in [-0.15, -0.1) is 0 Å². The van der Waals surface area contributed by atoms with Crippen molar-refractivity contribution in [2.45, 2.75) is 56.1 Å². The van der Waals surface area contributed by atoms with Crippen molar-refractivity contribution in [1.29, 1.82) is 0 Å². The molecule has 2 bridgehead atoms. The Hall–Kier alpha value is -2.49. The van der Waals surface area contributed by atoms with Crippen molar-refractivity contribution in [1.82, 2.24) is 39.0 Å². The number of nitrogens with zero attached hydrogens (tertiary/aromatic N) is 7. The minimum atomic E-state index is -4.39. The summed E-state index contributed by atoms with van der Waals surface area (Å²) in [5.41, 5.74) is 5.69. The second-order valence-electron chi connectivity index (χ2n) is 10.3. The molecule has 4 aromatic heterocycles. The Labute approximate surface area is 261 Å². The van der Waals surface area contributed by atoms with Crippen molar-refractivity contribution in [3.8, 4) is 0 Å². The number of ether oxygens (including phenoxy) is 2. The van der Waals surface area contributed by atoms with Crippen molar-refractivity contribution < 1.29 is 46.2 Å². The number of alkyl halides is 1. The maximum atomic E-state index is 16.0. The lowest BCUT2D eigenvalue weighted by Crippen LogP contribution is -2.35. The number of aromatic amines is 1. The van der Waals surface area contributed by atoms with Gasteiger partial charge in [-0.05, 0) is 6.92 Å². The van der Waals surface area contributed by atoms with Gasteiger partial charge in [0.2, 0.25) is 0 Å². The van der Waals surface area contributed by atoms with Crippen LogP contribution in [0.4, 0.5) is 10.2 Å². The first-order chi connectivity index (χ1) is 21.3. The monoisotopic (exact) mass is 707 g/mol. The fraction of sp³-hybridized carbons (Fsp3) is 0.524. The quantitative estimate of drug-likeness (QED) is 0.145. The van der Waals surface area contributed by atoms with Gasteiger partial charge in [-0.25, -0.2) is 38.4 Å². The highest BCUT2D eigenvalue weighted by atomic mass is 32.7. The molecule has 0 aromatic carbocycles. The summed E-state index contributed by atoms with van der Waals surface area (Å²) in [4.78, 5) is 35.3. The maximum absolute atomic E-state index is 16.0. The molecule has 24 heteroatoms. The summed E-state index contributed by atoms with van der Waals surface area (Å²) in [5, 5.41) is 11.1. The number of aliphatic hydroxyl groups is 1. The van der Waals surface area contributed by atoms with Crippen LogP contribution in [0, 0.1) is 6.92 Å². The SMILES string of the molecule is Cc1nc2c(ncn2C2OC3CO[P@](=O)(S)OC4C(CO[P@](=O)(S)OC2C3O)OC(n2cnc3c(N)ncnc32)C4F)c(=O)[nH]1. The normalized spacial score (nSPS) is 37.7. The fourth-order valence-corrected chi connectivity index (χ4v) is 8.30. The first-order valence-electron chi connectivity index (χ1n) is 13.1. The number of anilines is 1. The van der Waals surface area contributed by atoms with E-state index in [9.17, 15) is 19.0 Å². The maximum Gasteiger partial charge on any atom is 0.386 e. The van der Waals surface area contributed by atoms with E-state index in [0.717, 1.165) is 6.33 Å². The first kappa shape index (κ1) is 31.1. The molecule has 45 heavy (non-hydrogen) atoms. The molecule has 0 spiro atoms. The van der Waals surface area contributed by atoms with E-state index >= 15 is 4.39 Å². The van der Waals surface area contributed by atoms with E-state index in [1.807, 2.05) is 0 Å². The number of rotatable bonds is 2. The van der Waals surface area contributed by atoms with E-state index in [-0.39, 0.29) is 34.0 Å². The molecule has 242 valence electrons. The number of fused-ring (bicyclic) bond motifs is 5. The molecule has 0 amide bonds. The zero-order chi connectivity index (χ0) is 31.8. The minimum Gasteiger partial charge on any atom is -0.387 e. The molecule has 4 aromatic rings. The number of aliphatic hydroxyl groups excluding tert-OH is 1. The highest BCUT2D eigenvalue weighted by molar-refractivity contribution is 8.44. The van der Waals surface area contributed by atoms with Crippen LogP contribution in [0.2, 0.25) is 0 Å². The van der Waals surface area contributed by atoms with Gasteiger partial charge in [0.1, 0.15) is 48.2 Å². The summed E-state index contributed by atoms with van der Waals surface area (Å²) < 4.78 is 79.3. The van der Waals surface area contributed by atoms with E-state index in [0.29, 0.717) is 0 Å². The van der Waals surface area contributed by atoms with E-state index in [1.54, 1.807) is 6.92 Å². The van der Waals surface area contributed by atoms with Gasteiger partial charge < -0.3 is 25.3 Å². The van der Waals surface area contributed by atoms with Gasteiger partial charge in [-0.2, -0.15) is 0 Å². The predicted molar refractivity (Wildman–Crippen MR) is 156 cm³/mol. The van der Waals surface area contributed by atoms with Gasteiger partial charge in [0.15, 0.2) is 41.3 Å². The van der Waals surface area contributed by atoms with Gasteiger partial charge in [-0.3, -0.25) is 32.0 Å². The Morgan fingerprint density at radius 1 is 0.956 bits per heavy atom. The van der Waals surface area contributed by atoms with Crippen molar-refractivity contribution >= 4 is 66.2 Å². The van der Waals surface area contributed by atoms with E-state index < -0.39 is 81.5 Å². The second kappa shape index (κ2) is 11.3. The van der Waals surface area contributed by atoms with Gasteiger partial charge in [0.05, 0.1) is 25.9 Å². The van der Waals surface area contributed by atoms with Crippen molar-refractivity contribution in [2.24, 2.45) is 0 Å². The summed E-state index contributed by atoms with van der Waals surface area (Å²) in [6.07, 6.45) is -8.47. The summed E-state index contributed by atoms with van der Waals surface area (Å²) >= 11 is 8.07. The number of hydrogen-bond acceptors (Lipinski definition) is 16. The largest absolute Gasteiger partial charge is 0.387 e. The molecule has 8 unspecified atom stereocenters. The van der Waals surface area contributed by atoms with Gasteiger partial charge in [0.25, 0.3) is 5.56 Å². The molecule has 0 aliphatic carbocycles. The summed E-state index contributed by atoms with van der Waals surface area (Å²) in [6, 6.07) is 0. The number of H-pyrrole nitrogens is 1. The van der Waals surface area contributed by atoms with Crippen LogP contribution >= 0.6 is 38.1 Å². The number of aryl methyl sites for hydroxylation is 1. The van der Waals surface area contributed by atoms with Gasteiger partial charge in [-0.1, -0.05) is 24.5 Å². The lowest BCUT2D eigenvalue weighted by molar-refractivity contribution is -0.0568. The van der Waals surface area contributed by atoms with Crippen molar-refractivity contribution in [3.63, 3.8) is 0 Å². The zero-order valence-electron chi connectivity index (χ0n) is 22.8. The Morgan fingerprint density at radius 2 is 1.58 bits per heavy atom. The Kier molecular flexibility index (Phi) is 7.84. The molecule has 0 saturated carbocycles. The molecular formula is C21H24FN9O10P2S2. The predicted octanol–water partition coefficient (Wildman–Crippen LogP) is 1.24. The third-order valence-corrected chi connectivity index (χ3v) is 10.6. The number of nitrogens with one attached hydrogen (secondary N) is 1. The van der Waals surface area contributed by atoms with Crippen LogP contribution in [0.25, 0.3) is 22.3 Å². The average molecular weight is 708 g/mol. The fourth-order valence-electron chi connectivity index (χ4n) is 5.35. The number of nitrogens with two attached hydrogens (primary N) is 1. The van der Waals surface area contributed by atoms with Crippen LogP contribution in [-0.2, 0) is 36.7 Å². The van der Waals surface area contributed by atoms with E-state index in [1.165, 1.54) is 21.8 Å². The first-order valence-corrected chi connectivity index (χ1v) is 18.5. The van der Waals surface area contributed by atoms with E-state index in [4.69, 9.17) is 33.3 Å². The van der Waals surface area contributed by atoms with Crippen molar-refractivity contribution in [3.05, 3.63) is 35.2 Å². The molecule has 3 fully saturated rings. The van der Waals surface area contributed by atoms with Crippen LogP contribution in [0.15, 0.2) is 23.8 Å². The third kappa shape index (κ3) is 5.61. The summed E-state index contributed by atoms with van der Waals surface area (Å²) in [7, 11) is 0. The number of aromatic nitrogens is 8. The smallest absolute Gasteiger partial charge is 0.386 e. The Morgan fingerprint density at radius 3 is 2.31 bits per heavy atom. The van der Waals surface area contributed by atoms with Crippen LogP contribution in [-0.4, -0.2) is 94.0 Å². The number of halogens is 1. The molecule has 0 radical (unpaired) electrons. The van der Waals surface area contributed by atoms with Crippen LogP contribution < -0.4 is 11.3 Å². The average Bonchev–Trinajstić information content (AvgIpc) is 3.72. The number of thiol groups is 2. The highest BCUT2D eigenvalue weighted by Crippen LogP contribution is 2.60. The molecule has 3 saturated heterocycles. The Bertz CT molecular complexity index is 1950. The minimum absolute atomic E-state index is 0.0373.